The van der Waals surface area contributed by atoms with Gasteiger partial charge in [0.2, 0.25) is 0 Å². The predicted molar refractivity (Wildman–Crippen MR) is 84.3 cm³/mol. The lowest BCUT2D eigenvalue weighted by Crippen LogP contribution is -2.23. The largest absolute Gasteiger partial charge is 0.453 e. The van der Waals surface area contributed by atoms with Crippen molar-refractivity contribution in [1.82, 2.24) is 24.6 Å². The van der Waals surface area contributed by atoms with Crippen LogP contribution in [0, 0.1) is 6.92 Å². The Kier molecular flexibility index (Phi) is 3.59. The third-order valence-electron chi connectivity index (χ3n) is 4.36. The maximum Gasteiger partial charge on any atom is 0.453 e. The molecule has 1 saturated heterocycles. The molecule has 1 aliphatic rings. The van der Waals surface area contributed by atoms with Crippen LogP contribution in [0.25, 0.3) is 5.78 Å². The van der Waals surface area contributed by atoms with Gasteiger partial charge in [-0.05, 0) is 31.0 Å². The van der Waals surface area contributed by atoms with Gasteiger partial charge in [-0.1, -0.05) is 0 Å². The van der Waals surface area contributed by atoms with Gasteiger partial charge >= 0.3 is 6.18 Å². The van der Waals surface area contributed by atoms with E-state index in [9.17, 15) is 13.2 Å². The van der Waals surface area contributed by atoms with E-state index in [2.05, 4.69) is 20.1 Å². The highest BCUT2D eigenvalue weighted by Crippen LogP contribution is 2.32. The molecule has 130 valence electrons. The second kappa shape index (κ2) is 5.68. The lowest BCUT2D eigenvalue weighted by Gasteiger charge is -2.19. The number of rotatable bonds is 2. The van der Waals surface area contributed by atoms with Crippen LogP contribution in [0.1, 0.15) is 29.4 Å². The fraction of sp³-hybridized carbons (Fsp3) is 0.375. The van der Waals surface area contributed by atoms with E-state index < -0.39 is 12.0 Å². The number of aryl methyl sites for hydroxylation is 1. The molecule has 4 heterocycles. The van der Waals surface area contributed by atoms with E-state index in [-0.39, 0.29) is 5.78 Å². The molecular formula is C16H15F3N6. The standard InChI is InChI=1S/C16H15F3N6/c1-10-8-13(25-15(21-10)22-14(23-25)16(17,18)19)24-7-4-12(9-24)11-2-5-20-6-3-11/h2-3,5-6,8,12H,4,7,9H2,1H3. The van der Waals surface area contributed by atoms with Crippen LogP contribution in [-0.2, 0) is 6.18 Å². The summed E-state index contributed by atoms with van der Waals surface area (Å²) in [7, 11) is 0. The summed E-state index contributed by atoms with van der Waals surface area (Å²) >= 11 is 0. The van der Waals surface area contributed by atoms with Gasteiger partial charge in [-0.15, -0.1) is 5.10 Å². The average molecular weight is 348 g/mol. The Labute approximate surface area is 141 Å². The van der Waals surface area contributed by atoms with Crippen molar-refractivity contribution < 1.29 is 13.2 Å². The SMILES string of the molecule is Cc1cc(N2CCC(c3ccncc3)C2)n2nc(C(F)(F)F)nc2n1. The van der Waals surface area contributed by atoms with Crippen molar-refractivity contribution >= 4 is 11.6 Å². The first-order valence-corrected chi connectivity index (χ1v) is 7.88. The lowest BCUT2D eigenvalue weighted by molar-refractivity contribution is -0.144. The molecule has 0 aromatic carbocycles. The summed E-state index contributed by atoms with van der Waals surface area (Å²) in [6.07, 6.45) is -0.184. The second-order valence-corrected chi connectivity index (χ2v) is 6.11. The lowest BCUT2D eigenvalue weighted by atomic mass is 10.00. The number of alkyl halides is 3. The Morgan fingerprint density at radius 2 is 1.92 bits per heavy atom. The van der Waals surface area contributed by atoms with Crippen molar-refractivity contribution in [3.8, 4) is 0 Å². The number of hydrogen-bond donors (Lipinski definition) is 0. The van der Waals surface area contributed by atoms with E-state index in [4.69, 9.17) is 0 Å². The van der Waals surface area contributed by atoms with Crippen molar-refractivity contribution in [3.63, 3.8) is 0 Å². The Bertz CT molecular complexity index is 905. The predicted octanol–water partition coefficient (Wildman–Crippen LogP) is 2.84. The summed E-state index contributed by atoms with van der Waals surface area (Å²) in [5.41, 5.74) is 1.78. The van der Waals surface area contributed by atoms with E-state index in [1.54, 1.807) is 25.4 Å². The molecular weight excluding hydrogens is 333 g/mol. The summed E-state index contributed by atoms with van der Waals surface area (Å²) in [6.45, 7) is 3.17. The second-order valence-electron chi connectivity index (χ2n) is 6.11. The van der Waals surface area contributed by atoms with E-state index in [1.807, 2.05) is 17.0 Å². The fourth-order valence-electron chi connectivity index (χ4n) is 3.19. The van der Waals surface area contributed by atoms with Crippen LogP contribution < -0.4 is 4.90 Å². The molecule has 0 N–H and O–H groups in total. The molecule has 0 saturated carbocycles. The monoisotopic (exact) mass is 348 g/mol. The van der Waals surface area contributed by atoms with Crippen molar-refractivity contribution in [1.29, 1.82) is 0 Å². The Morgan fingerprint density at radius 1 is 1.16 bits per heavy atom. The minimum Gasteiger partial charge on any atom is -0.356 e. The fourth-order valence-corrected chi connectivity index (χ4v) is 3.19. The number of fused-ring (bicyclic) bond motifs is 1. The maximum atomic E-state index is 12.9. The third kappa shape index (κ3) is 2.90. The molecule has 1 fully saturated rings. The average Bonchev–Trinajstić information content (AvgIpc) is 3.21. The Hall–Kier alpha value is -2.71. The third-order valence-corrected chi connectivity index (χ3v) is 4.36. The number of pyridine rings is 1. The topological polar surface area (TPSA) is 59.2 Å². The molecule has 0 amide bonds. The van der Waals surface area contributed by atoms with E-state index in [1.165, 1.54) is 10.1 Å². The van der Waals surface area contributed by atoms with Gasteiger partial charge in [0.05, 0.1) is 0 Å². The highest BCUT2D eigenvalue weighted by Gasteiger charge is 2.37. The zero-order chi connectivity index (χ0) is 17.6. The number of hydrogen-bond acceptors (Lipinski definition) is 5. The van der Waals surface area contributed by atoms with Crippen LogP contribution in [-0.4, -0.2) is 37.7 Å². The summed E-state index contributed by atoms with van der Waals surface area (Å²) in [5.74, 6) is -0.314. The Morgan fingerprint density at radius 3 is 2.64 bits per heavy atom. The van der Waals surface area contributed by atoms with Gasteiger partial charge in [0, 0.05) is 43.2 Å². The molecule has 0 radical (unpaired) electrons. The van der Waals surface area contributed by atoms with Crippen molar-refractivity contribution in [2.45, 2.75) is 25.4 Å². The normalized spacial score (nSPS) is 18.2. The first-order chi connectivity index (χ1) is 11.9. The van der Waals surface area contributed by atoms with Crippen LogP contribution >= 0.6 is 0 Å². The molecule has 3 aromatic rings. The van der Waals surface area contributed by atoms with Gasteiger partial charge in [-0.2, -0.15) is 22.7 Å². The summed E-state index contributed by atoms with van der Waals surface area (Å²) in [6, 6.07) is 5.69. The van der Waals surface area contributed by atoms with Crippen LogP contribution in [0.2, 0.25) is 0 Å². The van der Waals surface area contributed by atoms with Gasteiger partial charge < -0.3 is 4.90 Å². The summed E-state index contributed by atoms with van der Waals surface area (Å²) in [5, 5.41) is 3.63. The highest BCUT2D eigenvalue weighted by molar-refractivity contribution is 5.49. The maximum absolute atomic E-state index is 12.9. The van der Waals surface area contributed by atoms with Crippen molar-refractivity contribution in [2.75, 3.05) is 18.0 Å². The number of halogens is 3. The smallest absolute Gasteiger partial charge is 0.356 e. The first-order valence-electron chi connectivity index (χ1n) is 7.88. The molecule has 0 spiro atoms. The zero-order valence-corrected chi connectivity index (χ0v) is 13.4. The molecule has 3 aromatic heterocycles. The van der Waals surface area contributed by atoms with Crippen LogP contribution in [0.15, 0.2) is 30.6 Å². The molecule has 1 atom stereocenters. The minimum atomic E-state index is -4.59. The quantitative estimate of drug-likeness (QED) is 0.713. The molecule has 1 aliphatic heterocycles. The van der Waals surface area contributed by atoms with Crippen LogP contribution in [0.3, 0.4) is 0 Å². The summed E-state index contributed by atoms with van der Waals surface area (Å²) in [4.78, 5) is 13.7. The van der Waals surface area contributed by atoms with Gasteiger partial charge in [-0.25, -0.2) is 4.98 Å². The molecule has 1 unspecified atom stereocenters. The van der Waals surface area contributed by atoms with Crippen molar-refractivity contribution in [3.05, 3.63) is 47.7 Å². The highest BCUT2D eigenvalue weighted by atomic mass is 19.4. The van der Waals surface area contributed by atoms with Crippen LogP contribution in [0.4, 0.5) is 19.0 Å². The van der Waals surface area contributed by atoms with Gasteiger partial charge in [-0.3, -0.25) is 4.98 Å². The Balaban J connectivity index is 1.71. The molecule has 9 heteroatoms. The minimum absolute atomic E-state index is 0.0327. The molecule has 0 aliphatic carbocycles. The number of anilines is 1. The number of nitrogens with zero attached hydrogens (tertiary/aromatic N) is 6. The van der Waals surface area contributed by atoms with Gasteiger partial charge in [0.15, 0.2) is 0 Å². The van der Waals surface area contributed by atoms with E-state index >= 15 is 0 Å². The summed E-state index contributed by atoms with van der Waals surface area (Å²) < 4.78 is 40.0. The van der Waals surface area contributed by atoms with Crippen molar-refractivity contribution in [2.24, 2.45) is 0 Å². The number of aromatic nitrogens is 5. The first kappa shape index (κ1) is 15.8. The van der Waals surface area contributed by atoms with E-state index in [0.717, 1.165) is 13.0 Å². The van der Waals surface area contributed by atoms with E-state index in [0.29, 0.717) is 24.0 Å². The van der Waals surface area contributed by atoms with Gasteiger partial charge in [0.25, 0.3) is 11.6 Å². The van der Waals surface area contributed by atoms with Gasteiger partial charge in [0.1, 0.15) is 5.82 Å². The van der Waals surface area contributed by atoms with Crippen LogP contribution in [0.5, 0.6) is 0 Å². The molecule has 0 bridgehead atoms. The molecule has 25 heavy (non-hydrogen) atoms. The molecule has 4 rings (SSSR count). The zero-order valence-electron chi connectivity index (χ0n) is 13.4. The molecule has 6 nitrogen and oxygen atoms in total.